The van der Waals surface area contributed by atoms with E-state index < -0.39 is 159 Å². The lowest BCUT2D eigenvalue weighted by atomic mass is 9.80. The molecule has 2 aromatic heterocycles. The Balaban J connectivity index is 0.953. The third kappa shape index (κ3) is 14.0. The molecule has 88 heavy (non-hydrogen) atoms. The number of nitrogens with zero attached hydrogens (tertiary/aromatic N) is 7. The fourth-order valence-electron chi connectivity index (χ4n) is 11.7. The van der Waals surface area contributed by atoms with Gasteiger partial charge in [0.05, 0.1) is 56.0 Å². The van der Waals surface area contributed by atoms with Crippen molar-refractivity contribution in [2.75, 3.05) is 39.5 Å². The Morgan fingerprint density at radius 2 is 1.39 bits per heavy atom. The van der Waals surface area contributed by atoms with E-state index >= 15 is 0 Å². The second-order valence-corrected chi connectivity index (χ2v) is 22.7. The second kappa shape index (κ2) is 28.6. The van der Waals surface area contributed by atoms with Crippen LogP contribution in [0.15, 0.2) is 85.2 Å². The zero-order valence-corrected chi connectivity index (χ0v) is 48.4. The van der Waals surface area contributed by atoms with Crippen molar-refractivity contribution >= 4 is 17.8 Å². The highest BCUT2D eigenvalue weighted by molar-refractivity contribution is 5.89. The third-order valence-electron chi connectivity index (χ3n) is 16.7. The van der Waals surface area contributed by atoms with E-state index in [1.165, 1.54) is 42.9 Å². The molecule has 9 unspecified atom stereocenters. The van der Waals surface area contributed by atoms with Gasteiger partial charge in [0.25, 0.3) is 5.91 Å². The Labute approximate surface area is 503 Å². The minimum absolute atomic E-state index is 0.000475. The predicted octanol–water partition coefficient (Wildman–Crippen LogP) is 0.242. The molecule has 4 aliphatic heterocycles. The molecule has 29 heteroatoms. The van der Waals surface area contributed by atoms with Gasteiger partial charge in [-0.15, -0.1) is 10.2 Å². The Hall–Kier alpha value is -6.39. The molecule has 0 bridgehead atoms. The lowest BCUT2D eigenvalue weighted by Gasteiger charge is -2.48. The minimum atomic E-state index is -1.86. The monoisotopic (exact) mass is 1240 g/mol. The average molecular weight is 1240 g/mol. The van der Waals surface area contributed by atoms with Crippen LogP contribution in [0.2, 0.25) is 0 Å². The molecule has 5 aromatic rings. The number of benzene rings is 3. The molecule has 10 rings (SSSR count). The summed E-state index contributed by atoms with van der Waals surface area (Å²) in [5.74, 6) is -5.12. The highest BCUT2D eigenvalue weighted by atomic mass is 19.2. The zero-order valence-electron chi connectivity index (χ0n) is 48.4. The van der Waals surface area contributed by atoms with Gasteiger partial charge in [-0.3, -0.25) is 9.59 Å². The Morgan fingerprint density at radius 3 is 2.06 bits per heavy atom. The number of halogens is 2. The van der Waals surface area contributed by atoms with E-state index in [9.17, 15) is 64.0 Å². The number of aryl methyl sites for hydroxylation is 1. The summed E-state index contributed by atoms with van der Waals surface area (Å²) >= 11 is 0. The van der Waals surface area contributed by atoms with E-state index in [4.69, 9.17) is 37.9 Å². The van der Waals surface area contributed by atoms with Crippen LogP contribution in [0, 0.1) is 24.5 Å². The van der Waals surface area contributed by atoms with Crippen LogP contribution < -0.4 is 5.32 Å². The lowest BCUT2D eigenvalue weighted by molar-refractivity contribution is -0.348. The SMILES string of the molecule is CCC[C@H](OC1C(OC(=O)c2ccccc2)[C@H](O[C@@H]2CC(C(=O)NCCO[C@H]3O[C@H](CO)[C@@H](O)C(n4cc(-c5cc(C)c(F)c(F)c5)nn4)C3O)C[C@@H](n3cc(-c4ccccc4)nn3)C2O[C@@H]2OC(C)[C@@H](O)[C@H](O)C2O)OC(CO)[C@@H]1O)C(=O)N1CCC1. The van der Waals surface area contributed by atoms with Crippen molar-refractivity contribution in [3.8, 4) is 22.5 Å². The van der Waals surface area contributed by atoms with Gasteiger partial charge in [0.2, 0.25) is 5.91 Å². The number of amides is 2. The minimum Gasteiger partial charge on any atom is -0.450 e. The lowest BCUT2D eigenvalue weighted by Crippen LogP contribution is -2.64. The van der Waals surface area contributed by atoms with Crippen molar-refractivity contribution in [1.82, 2.24) is 40.2 Å². The largest absolute Gasteiger partial charge is 0.450 e. The summed E-state index contributed by atoms with van der Waals surface area (Å²) in [6.07, 6.45) is -22.4. The molecule has 1 saturated carbocycles. The van der Waals surface area contributed by atoms with E-state index in [1.807, 2.05) is 13.0 Å². The van der Waals surface area contributed by atoms with Crippen LogP contribution in [0.5, 0.6) is 0 Å². The van der Waals surface area contributed by atoms with E-state index in [-0.39, 0.29) is 60.7 Å². The van der Waals surface area contributed by atoms with Crippen LogP contribution in [0.3, 0.4) is 0 Å². The normalized spacial score (nSPS) is 32.9. The van der Waals surface area contributed by atoms with Crippen molar-refractivity contribution < 1.29 is 102 Å². The number of rotatable bonds is 22. The molecule has 27 nitrogen and oxygen atoms in total. The van der Waals surface area contributed by atoms with Crippen molar-refractivity contribution in [1.29, 1.82) is 0 Å². The van der Waals surface area contributed by atoms with Crippen LogP contribution in [0.25, 0.3) is 22.5 Å². The number of hydrogen-bond donors (Lipinski definition) is 9. The van der Waals surface area contributed by atoms with Gasteiger partial charge in [0, 0.05) is 36.7 Å². The molecule has 6 heterocycles. The van der Waals surface area contributed by atoms with Gasteiger partial charge >= 0.3 is 5.97 Å². The first-order chi connectivity index (χ1) is 42.4. The number of aromatic nitrogens is 6. The number of nitrogens with one attached hydrogen (secondary N) is 1. The van der Waals surface area contributed by atoms with E-state index in [2.05, 4.69) is 25.9 Å². The van der Waals surface area contributed by atoms with Gasteiger partial charge in [-0.05, 0) is 69.4 Å². The van der Waals surface area contributed by atoms with Crippen molar-refractivity contribution in [2.45, 2.75) is 169 Å². The molecule has 20 atom stereocenters. The van der Waals surface area contributed by atoms with Gasteiger partial charge in [-0.25, -0.2) is 22.9 Å². The van der Waals surface area contributed by atoms with Crippen LogP contribution >= 0.6 is 0 Å². The summed E-state index contributed by atoms with van der Waals surface area (Å²) in [4.78, 5) is 44.6. The van der Waals surface area contributed by atoms with Gasteiger partial charge in [0.1, 0.15) is 84.6 Å². The Kier molecular flexibility index (Phi) is 21.0. The molecule has 9 N–H and O–H groups in total. The fraction of sp³-hybridized carbons (Fsp3) is 0.576. The molecule has 0 radical (unpaired) electrons. The van der Waals surface area contributed by atoms with Crippen molar-refractivity contribution in [2.24, 2.45) is 5.92 Å². The maximum atomic E-state index is 14.8. The maximum absolute atomic E-state index is 14.8. The van der Waals surface area contributed by atoms with Crippen LogP contribution in [-0.4, -0.2) is 237 Å². The van der Waals surface area contributed by atoms with Gasteiger partial charge in [-0.1, -0.05) is 72.3 Å². The molecular formula is C59H74F2N8O19. The maximum Gasteiger partial charge on any atom is 0.338 e. The number of carbonyl (C=O) groups is 3. The molecule has 1 aliphatic carbocycles. The van der Waals surface area contributed by atoms with Crippen molar-refractivity contribution in [3.63, 3.8) is 0 Å². The predicted molar refractivity (Wildman–Crippen MR) is 297 cm³/mol. The van der Waals surface area contributed by atoms with E-state index in [0.29, 0.717) is 30.8 Å². The topological polar surface area (TPSA) is 364 Å². The molecule has 3 aromatic carbocycles. The molecule has 0 spiro atoms. The summed E-state index contributed by atoms with van der Waals surface area (Å²) in [5, 5.41) is 109. The van der Waals surface area contributed by atoms with Gasteiger partial charge < -0.3 is 89.0 Å². The summed E-state index contributed by atoms with van der Waals surface area (Å²) in [5.41, 5.74) is 1.37. The second-order valence-electron chi connectivity index (χ2n) is 22.7. The third-order valence-corrected chi connectivity index (χ3v) is 16.7. The van der Waals surface area contributed by atoms with E-state index in [0.717, 1.165) is 17.2 Å². The first-order valence-electron chi connectivity index (χ1n) is 29.4. The number of likely N-dealkylation sites (tertiary alicyclic amines) is 1. The van der Waals surface area contributed by atoms with Crippen molar-refractivity contribution in [3.05, 3.63) is 108 Å². The Bertz CT molecular complexity index is 3110. The number of aliphatic hydroxyl groups is 8. The smallest absolute Gasteiger partial charge is 0.338 e. The summed E-state index contributed by atoms with van der Waals surface area (Å²) in [7, 11) is 0. The first kappa shape index (κ1) is 64.6. The summed E-state index contributed by atoms with van der Waals surface area (Å²) in [6.45, 7) is 3.47. The fourth-order valence-corrected chi connectivity index (χ4v) is 11.7. The molecular weight excluding hydrogens is 1160 g/mol. The molecule has 5 aliphatic rings. The zero-order chi connectivity index (χ0) is 62.5. The molecule has 2 amide bonds. The number of hydrogen-bond acceptors (Lipinski definition) is 23. The van der Waals surface area contributed by atoms with Crippen LogP contribution in [-0.2, 0) is 47.5 Å². The number of aliphatic hydroxyl groups excluding tert-OH is 8. The quantitative estimate of drug-likeness (QED) is 0.0331. The number of ether oxygens (including phenoxy) is 8. The number of carbonyl (C=O) groups excluding carboxylic acids is 3. The first-order valence-corrected chi connectivity index (χ1v) is 29.4. The molecule has 478 valence electrons. The summed E-state index contributed by atoms with van der Waals surface area (Å²) < 4.78 is 81.4. The summed E-state index contributed by atoms with van der Waals surface area (Å²) in [6, 6.07) is 16.7. The van der Waals surface area contributed by atoms with Gasteiger partial charge in [-0.2, -0.15) is 0 Å². The standard InChI is InChI=1S/C59H74F2N8O19/c1-4-12-39(55(79)67-18-11-19-67)83-52-47(74)42(28-71)86-59(53(52)87-56(80)32-15-9-6-10-16-32)84-40-24-34(23-38(68-25-36(63-65-68)31-13-7-5-8-14-31)51(40)88-58-50(77)49(76)45(72)30(3)82-58)54(78)62-17-20-81-57-48(75)44(46(73)41(27-70)85-57)69-26-37(64-66-69)33-21-29(2)43(61)35(60)22-33/h5-10,13-16,21-22,25-26,30,34,38-42,44-53,57-59,70-77H,4,11-12,17-20,23-24,27-28H2,1-3H3,(H,62,78)/t30?,34?,38-,39+,40-,41-,42?,44?,45-,46-,47+,48?,49+,50?,51?,52?,53?,57+,58+,59-/m1/s1. The van der Waals surface area contributed by atoms with Gasteiger partial charge in [0.15, 0.2) is 36.6 Å². The van der Waals surface area contributed by atoms with Crippen LogP contribution in [0.1, 0.15) is 74.0 Å². The van der Waals surface area contributed by atoms with Crippen LogP contribution in [0.4, 0.5) is 8.78 Å². The van der Waals surface area contributed by atoms with E-state index in [1.54, 1.807) is 53.6 Å². The number of esters is 1. The highest BCUT2D eigenvalue weighted by Crippen LogP contribution is 2.42. The Morgan fingerprint density at radius 1 is 0.727 bits per heavy atom. The molecule has 5 fully saturated rings. The average Bonchev–Trinajstić information content (AvgIpc) is 3.14. The highest BCUT2D eigenvalue weighted by Gasteiger charge is 2.55. The molecule has 4 saturated heterocycles.